The number of carboxylic acids is 1. The lowest BCUT2D eigenvalue weighted by atomic mass is 10.4. The molecule has 0 spiro atoms. The minimum atomic E-state index is -0.918. The predicted molar refractivity (Wildman–Crippen MR) is 57.5 cm³/mol. The lowest BCUT2D eigenvalue weighted by molar-refractivity contribution is 0.0704. The zero-order valence-electron chi connectivity index (χ0n) is 7.54. The van der Waals surface area contributed by atoms with Gasteiger partial charge in [0.25, 0.3) is 0 Å². The molecule has 3 aromatic rings. The van der Waals surface area contributed by atoms with E-state index in [4.69, 9.17) is 5.11 Å². The van der Waals surface area contributed by atoms with E-state index >= 15 is 0 Å². The van der Waals surface area contributed by atoms with E-state index in [1.54, 1.807) is 0 Å². The summed E-state index contributed by atoms with van der Waals surface area (Å²) in [4.78, 5) is 15.5. The first-order valence-electron chi connectivity index (χ1n) is 4.35. The molecule has 0 saturated heterocycles. The number of hydrogen-bond acceptors (Lipinski definition) is 3. The number of aromatic nitrogens is 2. The second-order valence-corrected chi connectivity index (χ2v) is 4.02. The number of pyridine rings is 1. The zero-order chi connectivity index (χ0) is 10.4. The fraction of sp³-hybridized carbons (Fsp3) is 0. The summed E-state index contributed by atoms with van der Waals surface area (Å²) < 4.78 is 1.89. The average molecular weight is 218 g/mol. The van der Waals surface area contributed by atoms with Crippen molar-refractivity contribution in [3.63, 3.8) is 0 Å². The lowest BCUT2D eigenvalue weighted by Crippen LogP contribution is -1.91. The number of carboxylic acid groups (broad SMARTS) is 1. The molecule has 4 nitrogen and oxygen atoms in total. The lowest BCUT2D eigenvalue weighted by Gasteiger charge is -1.89. The molecule has 0 bridgehead atoms. The summed E-state index contributed by atoms with van der Waals surface area (Å²) >= 11 is 1.21. The Morgan fingerprint density at radius 1 is 1.47 bits per heavy atom. The van der Waals surface area contributed by atoms with Gasteiger partial charge in [-0.2, -0.15) is 0 Å². The topological polar surface area (TPSA) is 54.6 Å². The maximum atomic E-state index is 10.9. The first-order valence-corrected chi connectivity index (χ1v) is 5.23. The Morgan fingerprint density at radius 3 is 3.13 bits per heavy atom. The Morgan fingerprint density at radius 2 is 2.33 bits per heavy atom. The summed E-state index contributed by atoms with van der Waals surface area (Å²) in [6.45, 7) is 0. The fourth-order valence-electron chi connectivity index (χ4n) is 1.62. The molecule has 0 unspecified atom stereocenters. The van der Waals surface area contributed by atoms with Crippen molar-refractivity contribution in [2.45, 2.75) is 0 Å². The standard InChI is InChI=1S/C10H6N2O2S/c13-10(14)9-8-6(5-15-9)12-4-2-1-3-7(12)11-8/h1-5H,(H,13,14). The molecular formula is C10H6N2O2S. The summed E-state index contributed by atoms with van der Waals surface area (Å²) in [5, 5.41) is 10.8. The van der Waals surface area contributed by atoms with E-state index in [-0.39, 0.29) is 0 Å². The molecule has 3 heterocycles. The van der Waals surface area contributed by atoms with E-state index < -0.39 is 5.97 Å². The van der Waals surface area contributed by atoms with Crippen LogP contribution in [0.5, 0.6) is 0 Å². The van der Waals surface area contributed by atoms with E-state index in [1.165, 1.54) is 11.3 Å². The van der Waals surface area contributed by atoms with Gasteiger partial charge >= 0.3 is 5.97 Å². The normalized spacial score (nSPS) is 11.2. The van der Waals surface area contributed by atoms with E-state index in [0.717, 1.165) is 11.2 Å². The van der Waals surface area contributed by atoms with Crippen LogP contribution in [0.2, 0.25) is 0 Å². The maximum Gasteiger partial charge on any atom is 0.348 e. The quantitative estimate of drug-likeness (QED) is 0.681. The van der Waals surface area contributed by atoms with Crippen LogP contribution in [0.3, 0.4) is 0 Å². The van der Waals surface area contributed by atoms with Gasteiger partial charge in [-0.05, 0) is 12.1 Å². The molecule has 0 aliphatic heterocycles. The molecule has 1 N–H and O–H groups in total. The molecule has 74 valence electrons. The molecule has 3 aromatic heterocycles. The molecule has 0 aliphatic rings. The van der Waals surface area contributed by atoms with Crippen LogP contribution in [0.4, 0.5) is 0 Å². The van der Waals surface area contributed by atoms with Crippen LogP contribution in [0, 0.1) is 0 Å². The number of fused-ring (bicyclic) bond motifs is 3. The molecule has 15 heavy (non-hydrogen) atoms. The molecule has 5 heteroatoms. The molecule has 0 amide bonds. The van der Waals surface area contributed by atoms with Gasteiger partial charge in [-0.15, -0.1) is 11.3 Å². The molecule has 0 aromatic carbocycles. The monoisotopic (exact) mass is 218 g/mol. The van der Waals surface area contributed by atoms with Crippen LogP contribution in [-0.2, 0) is 0 Å². The number of rotatable bonds is 1. The van der Waals surface area contributed by atoms with Crippen molar-refractivity contribution in [1.29, 1.82) is 0 Å². The highest BCUT2D eigenvalue weighted by atomic mass is 32.1. The van der Waals surface area contributed by atoms with Crippen molar-refractivity contribution in [3.8, 4) is 0 Å². The van der Waals surface area contributed by atoms with Gasteiger partial charge in [0.05, 0.1) is 5.52 Å². The van der Waals surface area contributed by atoms with Gasteiger partial charge in [0.15, 0.2) is 0 Å². The Bertz CT molecular complexity index is 668. The molecular weight excluding hydrogens is 212 g/mol. The predicted octanol–water partition coefficient (Wildman–Crippen LogP) is 2.25. The number of aromatic carboxylic acids is 1. The highest BCUT2D eigenvalue weighted by Crippen LogP contribution is 2.26. The van der Waals surface area contributed by atoms with E-state index in [9.17, 15) is 4.79 Å². The third-order valence-electron chi connectivity index (χ3n) is 2.26. The van der Waals surface area contributed by atoms with Crippen LogP contribution in [0.1, 0.15) is 9.67 Å². The molecule has 0 saturated carbocycles. The second-order valence-electron chi connectivity index (χ2n) is 3.14. The maximum absolute atomic E-state index is 10.9. The largest absolute Gasteiger partial charge is 0.477 e. The van der Waals surface area contributed by atoms with Crippen molar-refractivity contribution in [1.82, 2.24) is 9.38 Å². The minimum Gasteiger partial charge on any atom is -0.477 e. The van der Waals surface area contributed by atoms with Crippen molar-refractivity contribution in [2.75, 3.05) is 0 Å². The van der Waals surface area contributed by atoms with Crippen LogP contribution < -0.4 is 0 Å². The molecule has 0 fully saturated rings. The van der Waals surface area contributed by atoms with Crippen LogP contribution in [0.25, 0.3) is 16.7 Å². The Balaban J connectivity index is 2.50. The van der Waals surface area contributed by atoms with Gasteiger partial charge in [0.2, 0.25) is 0 Å². The van der Waals surface area contributed by atoms with Crippen molar-refractivity contribution >= 4 is 34.0 Å². The van der Waals surface area contributed by atoms with Crippen molar-refractivity contribution in [3.05, 3.63) is 34.7 Å². The van der Waals surface area contributed by atoms with Crippen molar-refractivity contribution in [2.24, 2.45) is 0 Å². The van der Waals surface area contributed by atoms with Gasteiger partial charge in [-0.1, -0.05) is 6.07 Å². The van der Waals surface area contributed by atoms with Gasteiger partial charge in [0.1, 0.15) is 16.0 Å². The van der Waals surface area contributed by atoms with E-state index in [0.29, 0.717) is 10.4 Å². The Hall–Kier alpha value is -1.88. The Labute approximate surface area is 88.4 Å². The van der Waals surface area contributed by atoms with Gasteiger partial charge in [-0.3, -0.25) is 4.40 Å². The molecule has 0 radical (unpaired) electrons. The second kappa shape index (κ2) is 2.80. The summed E-state index contributed by atoms with van der Waals surface area (Å²) in [5.74, 6) is -0.918. The van der Waals surface area contributed by atoms with E-state index in [1.807, 2.05) is 34.2 Å². The van der Waals surface area contributed by atoms with Crippen LogP contribution in [0.15, 0.2) is 29.8 Å². The summed E-state index contributed by atoms with van der Waals surface area (Å²) in [6, 6.07) is 5.63. The molecule has 3 rings (SSSR count). The zero-order valence-corrected chi connectivity index (χ0v) is 8.36. The highest BCUT2D eigenvalue weighted by molar-refractivity contribution is 7.13. The van der Waals surface area contributed by atoms with Crippen molar-refractivity contribution < 1.29 is 9.90 Å². The molecule has 0 atom stereocenters. The average Bonchev–Trinajstić information content (AvgIpc) is 2.74. The van der Waals surface area contributed by atoms with Gasteiger partial charge in [0, 0.05) is 11.6 Å². The minimum absolute atomic E-state index is 0.300. The fourth-order valence-corrected chi connectivity index (χ4v) is 2.43. The van der Waals surface area contributed by atoms with Gasteiger partial charge in [-0.25, -0.2) is 9.78 Å². The molecule has 0 aliphatic carbocycles. The number of carbonyl (C=O) groups is 1. The highest BCUT2D eigenvalue weighted by Gasteiger charge is 2.15. The Kier molecular flexibility index (Phi) is 1.58. The first kappa shape index (κ1) is 8.43. The van der Waals surface area contributed by atoms with E-state index in [2.05, 4.69) is 4.98 Å². The summed E-state index contributed by atoms with van der Waals surface area (Å²) in [5.41, 5.74) is 2.20. The smallest absolute Gasteiger partial charge is 0.348 e. The SMILES string of the molecule is O=C(O)c1scc2c1nc1ccccn12. The summed E-state index contributed by atoms with van der Waals surface area (Å²) in [7, 11) is 0. The van der Waals surface area contributed by atoms with Crippen LogP contribution in [-0.4, -0.2) is 20.5 Å². The number of thiophene rings is 1. The number of imidazole rings is 1. The first-order chi connectivity index (χ1) is 7.27. The summed E-state index contributed by atoms with van der Waals surface area (Å²) in [6.07, 6.45) is 1.88. The van der Waals surface area contributed by atoms with Crippen LogP contribution >= 0.6 is 11.3 Å². The number of hydrogen-bond donors (Lipinski definition) is 1. The van der Waals surface area contributed by atoms with Gasteiger partial charge < -0.3 is 5.11 Å². The third-order valence-corrected chi connectivity index (χ3v) is 3.21. The third kappa shape index (κ3) is 1.07. The number of nitrogens with zero attached hydrogens (tertiary/aromatic N) is 2.